The molecular weight excluding hydrogens is 423 g/mol. The molecule has 1 aromatic heterocycles. The highest BCUT2D eigenvalue weighted by molar-refractivity contribution is 6.31. The molecule has 1 aliphatic rings. The van der Waals surface area contributed by atoms with Crippen LogP contribution in [0, 0.1) is 12.8 Å². The van der Waals surface area contributed by atoms with Crippen LogP contribution in [0.3, 0.4) is 0 Å². The van der Waals surface area contributed by atoms with Crippen LogP contribution in [0.2, 0.25) is 5.02 Å². The standard InChI is InChI=1S/C20H19ClF3N3O3/c1-11-9-16(26-19(25-11)27-18(29)12-4-5-12)17(28)3-2-8-30-13-6-7-15(21)14(10-13)20(22,23)24/h6-7,9-10,12H,2-5,8H2,1H3,(H,25,26,27,29). The molecule has 0 atom stereocenters. The van der Waals surface area contributed by atoms with Gasteiger partial charge in [0.1, 0.15) is 11.4 Å². The molecule has 1 amide bonds. The van der Waals surface area contributed by atoms with Gasteiger partial charge in [-0.2, -0.15) is 13.2 Å². The van der Waals surface area contributed by atoms with Crippen LogP contribution in [0.1, 0.15) is 47.4 Å². The molecule has 1 heterocycles. The maximum atomic E-state index is 12.9. The lowest BCUT2D eigenvalue weighted by molar-refractivity contribution is -0.137. The summed E-state index contributed by atoms with van der Waals surface area (Å²) in [5.74, 6) is -0.350. The van der Waals surface area contributed by atoms with Crippen molar-refractivity contribution in [1.82, 2.24) is 9.97 Å². The molecule has 10 heteroatoms. The van der Waals surface area contributed by atoms with E-state index in [0.717, 1.165) is 25.0 Å². The van der Waals surface area contributed by atoms with E-state index in [2.05, 4.69) is 15.3 Å². The average molecular weight is 442 g/mol. The number of nitrogens with one attached hydrogen (secondary N) is 1. The Labute approximate surface area is 175 Å². The number of hydrogen-bond donors (Lipinski definition) is 1. The second-order valence-electron chi connectivity index (χ2n) is 7.00. The molecule has 1 aromatic carbocycles. The number of aryl methyl sites for hydroxylation is 1. The maximum Gasteiger partial charge on any atom is 0.417 e. The summed E-state index contributed by atoms with van der Waals surface area (Å²) in [5, 5.41) is 2.20. The van der Waals surface area contributed by atoms with Crippen molar-refractivity contribution in [2.24, 2.45) is 5.92 Å². The van der Waals surface area contributed by atoms with Crippen LogP contribution in [0.4, 0.5) is 19.1 Å². The molecule has 1 saturated carbocycles. The number of carbonyl (C=O) groups excluding carboxylic acids is 2. The number of nitrogens with zero attached hydrogens (tertiary/aromatic N) is 2. The first-order valence-corrected chi connectivity index (χ1v) is 9.70. The first-order chi connectivity index (χ1) is 14.1. The van der Waals surface area contributed by atoms with Gasteiger partial charge < -0.3 is 4.74 Å². The summed E-state index contributed by atoms with van der Waals surface area (Å²) in [6.07, 6.45) is -2.56. The zero-order valence-electron chi connectivity index (χ0n) is 16.1. The van der Waals surface area contributed by atoms with Crippen molar-refractivity contribution in [3.05, 3.63) is 46.2 Å². The zero-order valence-corrected chi connectivity index (χ0v) is 16.8. The lowest BCUT2D eigenvalue weighted by Crippen LogP contribution is -2.17. The van der Waals surface area contributed by atoms with Crippen molar-refractivity contribution in [2.45, 2.75) is 38.8 Å². The lowest BCUT2D eigenvalue weighted by atomic mass is 10.1. The minimum absolute atomic E-state index is 0.0159. The molecule has 30 heavy (non-hydrogen) atoms. The fourth-order valence-electron chi connectivity index (χ4n) is 2.69. The van der Waals surface area contributed by atoms with Gasteiger partial charge in [-0.05, 0) is 50.5 Å². The van der Waals surface area contributed by atoms with Gasteiger partial charge in [-0.1, -0.05) is 11.6 Å². The second kappa shape index (κ2) is 8.99. The normalized spacial score (nSPS) is 13.8. The molecule has 0 radical (unpaired) electrons. The topological polar surface area (TPSA) is 81.2 Å². The molecule has 160 valence electrons. The molecule has 3 rings (SSSR count). The third-order valence-corrected chi connectivity index (χ3v) is 4.71. The van der Waals surface area contributed by atoms with Crippen LogP contribution in [0.5, 0.6) is 5.75 Å². The van der Waals surface area contributed by atoms with Gasteiger partial charge in [0, 0.05) is 18.0 Å². The van der Waals surface area contributed by atoms with Gasteiger partial charge in [0.05, 0.1) is 17.2 Å². The minimum Gasteiger partial charge on any atom is -0.494 e. The van der Waals surface area contributed by atoms with Crippen molar-refractivity contribution >= 4 is 29.2 Å². The maximum absolute atomic E-state index is 12.9. The predicted molar refractivity (Wildman–Crippen MR) is 104 cm³/mol. The zero-order chi connectivity index (χ0) is 21.9. The van der Waals surface area contributed by atoms with E-state index in [-0.39, 0.29) is 54.4 Å². The van der Waals surface area contributed by atoms with Gasteiger partial charge >= 0.3 is 6.18 Å². The van der Waals surface area contributed by atoms with Crippen molar-refractivity contribution < 1.29 is 27.5 Å². The summed E-state index contributed by atoms with van der Waals surface area (Å²) in [7, 11) is 0. The highest BCUT2D eigenvalue weighted by Crippen LogP contribution is 2.36. The number of ketones is 1. The summed E-state index contributed by atoms with van der Waals surface area (Å²) in [4.78, 5) is 32.5. The lowest BCUT2D eigenvalue weighted by Gasteiger charge is -2.12. The van der Waals surface area contributed by atoms with Crippen LogP contribution in [0.15, 0.2) is 24.3 Å². The highest BCUT2D eigenvalue weighted by atomic mass is 35.5. The summed E-state index contributed by atoms with van der Waals surface area (Å²) in [6, 6.07) is 4.80. The SMILES string of the molecule is Cc1cc(C(=O)CCCOc2ccc(Cl)c(C(F)(F)F)c2)nc(NC(=O)C2CC2)n1. The first kappa shape index (κ1) is 22.0. The Balaban J connectivity index is 1.53. The number of rotatable bonds is 8. The average Bonchev–Trinajstić information content (AvgIpc) is 3.50. The van der Waals surface area contributed by atoms with E-state index in [9.17, 15) is 22.8 Å². The largest absolute Gasteiger partial charge is 0.494 e. The number of benzene rings is 1. The molecule has 1 N–H and O–H groups in total. The number of carbonyl (C=O) groups is 2. The predicted octanol–water partition coefficient (Wildman–Crippen LogP) is 4.85. The number of ether oxygens (including phenoxy) is 1. The molecule has 0 saturated heterocycles. The van der Waals surface area contributed by atoms with E-state index in [1.807, 2.05) is 0 Å². The van der Waals surface area contributed by atoms with Gasteiger partial charge in [0.2, 0.25) is 11.9 Å². The van der Waals surface area contributed by atoms with Gasteiger partial charge in [-0.15, -0.1) is 0 Å². The van der Waals surface area contributed by atoms with Gasteiger partial charge in [-0.3, -0.25) is 14.9 Å². The van der Waals surface area contributed by atoms with Gasteiger partial charge in [0.25, 0.3) is 0 Å². The number of hydrogen-bond acceptors (Lipinski definition) is 5. The van der Waals surface area contributed by atoms with Gasteiger partial charge in [0.15, 0.2) is 5.78 Å². The number of aromatic nitrogens is 2. The van der Waals surface area contributed by atoms with E-state index in [0.29, 0.717) is 5.69 Å². The van der Waals surface area contributed by atoms with Crippen LogP contribution in [0.25, 0.3) is 0 Å². The van der Waals surface area contributed by atoms with E-state index >= 15 is 0 Å². The van der Waals surface area contributed by atoms with E-state index < -0.39 is 16.8 Å². The molecule has 6 nitrogen and oxygen atoms in total. The van der Waals surface area contributed by atoms with E-state index in [1.165, 1.54) is 12.1 Å². The number of amides is 1. The monoisotopic (exact) mass is 441 g/mol. The molecule has 2 aromatic rings. The third-order valence-electron chi connectivity index (χ3n) is 4.38. The number of halogens is 4. The Morgan fingerprint density at radius 2 is 1.97 bits per heavy atom. The second-order valence-corrected chi connectivity index (χ2v) is 7.40. The van der Waals surface area contributed by atoms with Crippen LogP contribution < -0.4 is 10.1 Å². The Hall–Kier alpha value is -2.68. The number of anilines is 1. The van der Waals surface area contributed by atoms with Gasteiger partial charge in [-0.25, -0.2) is 9.97 Å². The number of alkyl halides is 3. The quantitative estimate of drug-likeness (QED) is 0.468. The molecule has 1 fully saturated rings. The Kier molecular flexibility index (Phi) is 6.60. The molecule has 0 aliphatic heterocycles. The fraction of sp³-hybridized carbons (Fsp3) is 0.400. The Morgan fingerprint density at radius 1 is 1.23 bits per heavy atom. The first-order valence-electron chi connectivity index (χ1n) is 9.33. The van der Waals surface area contributed by atoms with Crippen molar-refractivity contribution in [3.63, 3.8) is 0 Å². The summed E-state index contributed by atoms with van der Waals surface area (Å²) < 4.78 is 44.0. The fourth-order valence-corrected chi connectivity index (χ4v) is 2.91. The summed E-state index contributed by atoms with van der Waals surface area (Å²) in [5.41, 5.74) is -0.272. The molecule has 0 bridgehead atoms. The molecular formula is C20H19ClF3N3O3. The summed E-state index contributed by atoms with van der Waals surface area (Å²) in [6.45, 7) is 1.73. The smallest absolute Gasteiger partial charge is 0.417 e. The van der Waals surface area contributed by atoms with Crippen LogP contribution in [-0.2, 0) is 11.0 Å². The van der Waals surface area contributed by atoms with E-state index in [4.69, 9.17) is 16.3 Å². The van der Waals surface area contributed by atoms with Crippen molar-refractivity contribution in [1.29, 1.82) is 0 Å². The number of Topliss-reactive ketones (excluding diaryl/α,β-unsaturated/α-hetero) is 1. The Bertz CT molecular complexity index is 962. The molecule has 1 aliphatic carbocycles. The Morgan fingerprint density at radius 3 is 2.63 bits per heavy atom. The summed E-state index contributed by atoms with van der Waals surface area (Å²) >= 11 is 5.57. The molecule has 0 spiro atoms. The minimum atomic E-state index is -4.58. The highest BCUT2D eigenvalue weighted by Gasteiger charge is 2.33. The van der Waals surface area contributed by atoms with Crippen LogP contribution >= 0.6 is 11.6 Å². The van der Waals surface area contributed by atoms with Crippen LogP contribution in [-0.4, -0.2) is 28.3 Å². The van der Waals surface area contributed by atoms with Crippen molar-refractivity contribution in [3.8, 4) is 5.75 Å². The third kappa shape index (κ3) is 5.91. The van der Waals surface area contributed by atoms with E-state index in [1.54, 1.807) is 6.92 Å². The van der Waals surface area contributed by atoms with Crippen molar-refractivity contribution in [2.75, 3.05) is 11.9 Å². The molecule has 0 unspecified atom stereocenters.